The summed E-state index contributed by atoms with van der Waals surface area (Å²) in [6, 6.07) is 10.4. The summed E-state index contributed by atoms with van der Waals surface area (Å²) >= 11 is 0. The SMILES string of the molecule is O=C1NC(CCC(=O)N2CCN(S(=O)(=O)c3ccc(F)cc3)CC2)C(=O)Nc2ccccc21. The molecule has 1 unspecified atom stereocenters. The van der Waals surface area contributed by atoms with Crippen molar-refractivity contribution in [1.82, 2.24) is 14.5 Å². The van der Waals surface area contributed by atoms with Gasteiger partial charge < -0.3 is 15.5 Å². The maximum atomic E-state index is 13.1. The fourth-order valence-corrected chi connectivity index (χ4v) is 5.30. The van der Waals surface area contributed by atoms with Crippen LogP contribution < -0.4 is 10.6 Å². The van der Waals surface area contributed by atoms with Crippen LogP contribution in [0.1, 0.15) is 23.2 Å². The average Bonchev–Trinajstić information content (AvgIpc) is 2.93. The van der Waals surface area contributed by atoms with E-state index in [1.807, 2.05) is 0 Å². The number of carbonyl (C=O) groups excluding carboxylic acids is 3. The van der Waals surface area contributed by atoms with Crippen molar-refractivity contribution in [1.29, 1.82) is 0 Å². The number of nitrogens with zero attached hydrogens (tertiary/aromatic N) is 2. The van der Waals surface area contributed by atoms with E-state index < -0.39 is 27.8 Å². The lowest BCUT2D eigenvalue weighted by atomic mass is 10.1. The van der Waals surface area contributed by atoms with Crippen LogP contribution in [0.15, 0.2) is 53.4 Å². The molecule has 9 nitrogen and oxygen atoms in total. The summed E-state index contributed by atoms with van der Waals surface area (Å²) in [6.07, 6.45) is 0.151. The summed E-state index contributed by atoms with van der Waals surface area (Å²) in [4.78, 5) is 39.1. The predicted octanol–water partition coefficient (Wildman–Crippen LogP) is 1.19. The van der Waals surface area contributed by atoms with E-state index in [0.29, 0.717) is 11.3 Å². The predicted molar refractivity (Wildman–Crippen MR) is 117 cm³/mol. The van der Waals surface area contributed by atoms with Gasteiger partial charge in [0.15, 0.2) is 0 Å². The van der Waals surface area contributed by atoms with Gasteiger partial charge in [-0.3, -0.25) is 14.4 Å². The van der Waals surface area contributed by atoms with Crippen LogP contribution in [0.2, 0.25) is 0 Å². The summed E-state index contributed by atoms with van der Waals surface area (Å²) in [5.41, 5.74) is 0.783. The number of benzene rings is 2. The van der Waals surface area contributed by atoms with E-state index in [1.165, 1.54) is 16.4 Å². The van der Waals surface area contributed by atoms with Crippen molar-refractivity contribution in [3.05, 3.63) is 59.9 Å². The largest absolute Gasteiger partial charge is 0.340 e. The maximum Gasteiger partial charge on any atom is 0.254 e. The Labute approximate surface area is 190 Å². The molecule has 1 saturated heterocycles. The summed E-state index contributed by atoms with van der Waals surface area (Å²) in [7, 11) is -3.77. The Kier molecular flexibility index (Phi) is 6.43. The molecule has 2 aromatic rings. The van der Waals surface area contributed by atoms with Gasteiger partial charge in [0, 0.05) is 32.6 Å². The standard InChI is InChI=1S/C22H23FN4O5S/c23-15-5-7-16(8-6-15)33(31,32)27-13-11-26(12-14-27)20(28)10-9-19-22(30)24-18-4-2-1-3-17(18)21(29)25-19/h1-8,19H,9-14H2,(H,24,30)(H,25,29). The van der Waals surface area contributed by atoms with E-state index in [4.69, 9.17) is 0 Å². The van der Waals surface area contributed by atoms with Gasteiger partial charge in [-0.1, -0.05) is 12.1 Å². The fraction of sp³-hybridized carbons (Fsp3) is 0.318. The Morgan fingerprint density at radius 2 is 1.67 bits per heavy atom. The molecule has 1 fully saturated rings. The highest BCUT2D eigenvalue weighted by atomic mass is 32.2. The molecule has 0 spiro atoms. The molecule has 0 aromatic heterocycles. The number of halogens is 1. The Hall–Kier alpha value is -3.31. The van der Waals surface area contributed by atoms with Gasteiger partial charge in [0.1, 0.15) is 11.9 Å². The first-order valence-corrected chi connectivity index (χ1v) is 11.9. The Morgan fingerprint density at radius 3 is 2.36 bits per heavy atom. The van der Waals surface area contributed by atoms with Crippen molar-refractivity contribution >= 4 is 33.4 Å². The first-order chi connectivity index (χ1) is 15.8. The molecule has 3 amide bonds. The molecule has 4 rings (SSSR count). The summed E-state index contributed by atoms with van der Waals surface area (Å²) in [5, 5.41) is 5.36. The van der Waals surface area contributed by atoms with Crippen molar-refractivity contribution < 1.29 is 27.2 Å². The van der Waals surface area contributed by atoms with Crippen LogP contribution in [0.3, 0.4) is 0 Å². The van der Waals surface area contributed by atoms with E-state index in [-0.39, 0.29) is 55.7 Å². The van der Waals surface area contributed by atoms with E-state index in [0.717, 1.165) is 12.1 Å². The molecule has 0 aliphatic carbocycles. The molecule has 0 radical (unpaired) electrons. The topological polar surface area (TPSA) is 116 Å². The van der Waals surface area contributed by atoms with E-state index in [1.54, 1.807) is 29.2 Å². The number of anilines is 1. The van der Waals surface area contributed by atoms with Crippen molar-refractivity contribution in [2.24, 2.45) is 0 Å². The molecule has 1 atom stereocenters. The van der Waals surface area contributed by atoms with Gasteiger partial charge in [0.25, 0.3) is 5.91 Å². The second-order valence-corrected chi connectivity index (χ2v) is 9.78. The first-order valence-electron chi connectivity index (χ1n) is 10.5. The van der Waals surface area contributed by atoms with Gasteiger partial charge in [0.2, 0.25) is 21.8 Å². The van der Waals surface area contributed by atoms with Gasteiger partial charge in [-0.05, 0) is 42.8 Å². The minimum Gasteiger partial charge on any atom is -0.340 e. The molecule has 0 saturated carbocycles. The van der Waals surface area contributed by atoms with Gasteiger partial charge in [-0.15, -0.1) is 0 Å². The number of hydrogen-bond acceptors (Lipinski definition) is 5. The molecular formula is C22H23FN4O5S. The quantitative estimate of drug-likeness (QED) is 0.676. The zero-order valence-corrected chi connectivity index (χ0v) is 18.5. The maximum absolute atomic E-state index is 13.1. The summed E-state index contributed by atoms with van der Waals surface area (Å²) < 4.78 is 39.8. The van der Waals surface area contributed by atoms with Crippen LogP contribution >= 0.6 is 0 Å². The zero-order chi connectivity index (χ0) is 23.6. The van der Waals surface area contributed by atoms with Gasteiger partial charge >= 0.3 is 0 Å². The van der Waals surface area contributed by atoms with E-state index in [2.05, 4.69) is 10.6 Å². The van der Waals surface area contributed by atoms with Crippen molar-refractivity contribution in [3.63, 3.8) is 0 Å². The van der Waals surface area contributed by atoms with Crippen LogP contribution in [-0.2, 0) is 19.6 Å². The molecule has 2 heterocycles. The Balaban J connectivity index is 1.31. The molecular weight excluding hydrogens is 451 g/mol. The van der Waals surface area contributed by atoms with Crippen LogP contribution in [0.4, 0.5) is 10.1 Å². The molecule has 2 N–H and O–H groups in total. The number of rotatable bonds is 5. The molecule has 2 aliphatic heterocycles. The third-order valence-electron chi connectivity index (χ3n) is 5.74. The van der Waals surface area contributed by atoms with Crippen LogP contribution in [0.25, 0.3) is 0 Å². The normalized spacial score (nSPS) is 19.3. The van der Waals surface area contributed by atoms with Crippen molar-refractivity contribution in [3.8, 4) is 0 Å². The number of para-hydroxylation sites is 1. The van der Waals surface area contributed by atoms with Gasteiger partial charge in [-0.25, -0.2) is 12.8 Å². The molecule has 33 heavy (non-hydrogen) atoms. The third kappa shape index (κ3) is 4.88. The van der Waals surface area contributed by atoms with Crippen molar-refractivity contribution in [2.45, 2.75) is 23.8 Å². The Morgan fingerprint density at radius 1 is 1.00 bits per heavy atom. The summed E-state index contributed by atoms with van der Waals surface area (Å²) in [6.45, 7) is 0.630. The number of fused-ring (bicyclic) bond motifs is 1. The van der Waals surface area contributed by atoms with Crippen LogP contribution in [0.5, 0.6) is 0 Å². The van der Waals surface area contributed by atoms with E-state index in [9.17, 15) is 27.2 Å². The highest BCUT2D eigenvalue weighted by Gasteiger charge is 2.32. The number of hydrogen-bond donors (Lipinski definition) is 2. The second-order valence-electron chi connectivity index (χ2n) is 7.84. The Bertz CT molecular complexity index is 1180. The highest BCUT2D eigenvalue weighted by molar-refractivity contribution is 7.89. The van der Waals surface area contributed by atoms with Crippen LogP contribution in [0, 0.1) is 5.82 Å². The lowest BCUT2D eigenvalue weighted by molar-refractivity contribution is -0.132. The lowest BCUT2D eigenvalue weighted by Gasteiger charge is -2.34. The monoisotopic (exact) mass is 474 g/mol. The van der Waals surface area contributed by atoms with E-state index >= 15 is 0 Å². The number of amides is 3. The number of nitrogens with one attached hydrogen (secondary N) is 2. The number of piperazine rings is 1. The minimum absolute atomic E-state index is 0.000194. The summed E-state index contributed by atoms with van der Waals surface area (Å²) in [5.74, 6) is -1.53. The second kappa shape index (κ2) is 9.28. The van der Waals surface area contributed by atoms with Crippen LogP contribution in [-0.4, -0.2) is 67.6 Å². The van der Waals surface area contributed by atoms with Crippen molar-refractivity contribution in [2.75, 3.05) is 31.5 Å². The molecule has 2 aromatic carbocycles. The average molecular weight is 475 g/mol. The molecule has 2 aliphatic rings. The molecule has 11 heteroatoms. The third-order valence-corrected chi connectivity index (χ3v) is 7.65. The number of sulfonamides is 1. The molecule has 174 valence electrons. The zero-order valence-electron chi connectivity index (χ0n) is 17.7. The smallest absolute Gasteiger partial charge is 0.254 e. The number of carbonyl (C=O) groups is 3. The van der Waals surface area contributed by atoms with Gasteiger partial charge in [-0.2, -0.15) is 4.31 Å². The highest BCUT2D eigenvalue weighted by Crippen LogP contribution is 2.21. The minimum atomic E-state index is -3.77. The fourth-order valence-electron chi connectivity index (χ4n) is 3.87. The lowest BCUT2D eigenvalue weighted by Crippen LogP contribution is -2.51. The van der Waals surface area contributed by atoms with Gasteiger partial charge in [0.05, 0.1) is 16.1 Å². The molecule has 0 bridgehead atoms. The first kappa shape index (κ1) is 22.9.